The number of ether oxygens (including phenoxy) is 1. The predicted octanol–water partition coefficient (Wildman–Crippen LogP) is 12.2. The Labute approximate surface area is 333 Å². The van der Waals surface area contributed by atoms with E-state index in [-0.39, 0.29) is 45.2 Å². The monoisotopic (exact) mass is 757 g/mol. The quantitative estimate of drug-likeness (QED) is 0.0413. The van der Waals surface area contributed by atoms with E-state index >= 15 is 9.59 Å². The van der Waals surface area contributed by atoms with Gasteiger partial charge in [-0.3, -0.25) is 14.4 Å². The van der Waals surface area contributed by atoms with Crippen LogP contribution < -0.4 is 10.1 Å². The summed E-state index contributed by atoms with van der Waals surface area (Å²) >= 11 is 0. The molecule has 7 heteroatoms. The number of carbonyl (C=O) groups is 4. The molecule has 0 atom stereocenters. The van der Waals surface area contributed by atoms with Crippen LogP contribution in [0.4, 0.5) is 5.69 Å². The van der Waals surface area contributed by atoms with Gasteiger partial charge in [0.05, 0.1) is 16.8 Å². The number of fused-ring (bicyclic) bond motifs is 2. The molecule has 0 saturated heterocycles. The van der Waals surface area contributed by atoms with Gasteiger partial charge in [0.2, 0.25) is 0 Å². The Morgan fingerprint density at radius 3 is 1.59 bits per heavy atom. The highest BCUT2D eigenvalue weighted by molar-refractivity contribution is 6.32. The maximum Gasteiger partial charge on any atom is 0.343 e. The number of anilines is 1. The highest BCUT2D eigenvalue weighted by Crippen LogP contribution is 2.47. The van der Waals surface area contributed by atoms with Crippen LogP contribution in [-0.2, 0) is 19.3 Å². The zero-order valence-corrected chi connectivity index (χ0v) is 33.6. The van der Waals surface area contributed by atoms with E-state index in [4.69, 9.17) is 4.74 Å². The third-order valence-electron chi connectivity index (χ3n) is 10.9. The van der Waals surface area contributed by atoms with Crippen LogP contribution in [0.3, 0.4) is 0 Å². The Balaban J connectivity index is 1.77. The molecule has 1 aliphatic rings. The van der Waals surface area contributed by atoms with Crippen molar-refractivity contribution in [1.82, 2.24) is 0 Å². The summed E-state index contributed by atoms with van der Waals surface area (Å²) < 4.78 is 6.36. The van der Waals surface area contributed by atoms with Crippen LogP contribution in [0, 0.1) is 0 Å². The lowest BCUT2D eigenvalue weighted by atomic mass is 9.74. The number of aryl methyl sites for hydroxylation is 1. The van der Waals surface area contributed by atoms with Crippen LogP contribution in [0.5, 0.6) is 11.5 Å². The zero-order chi connectivity index (χ0) is 39.9. The largest absolute Gasteiger partial charge is 0.507 e. The molecule has 0 radical (unpaired) electrons. The van der Waals surface area contributed by atoms with Crippen LogP contribution in [-0.4, -0.2) is 28.5 Å². The molecule has 0 spiro atoms. The van der Waals surface area contributed by atoms with E-state index in [1.165, 1.54) is 6.07 Å². The Morgan fingerprint density at radius 1 is 0.536 bits per heavy atom. The SMILES string of the molecule is CCCCCCCc1ccc(O)c2c1C(=O)c1c(CCCCCCC)c(NC(=O)c3ccccc3)c(OC(=O)c3ccccc3)c(CCCCCCC)c1C2=O. The van der Waals surface area contributed by atoms with Crippen molar-refractivity contribution in [2.24, 2.45) is 0 Å². The van der Waals surface area contributed by atoms with Crippen molar-refractivity contribution >= 4 is 29.1 Å². The Kier molecular flexibility index (Phi) is 16.0. The zero-order valence-electron chi connectivity index (χ0n) is 33.6. The number of phenolic OH excluding ortho intramolecular Hbond substituents is 1. The van der Waals surface area contributed by atoms with E-state index in [0.717, 1.165) is 89.0 Å². The summed E-state index contributed by atoms with van der Waals surface area (Å²) in [5.41, 5.74) is 3.30. The van der Waals surface area contributed by atoms with Gasteiger partial charge < -0.3 is 15.2 Å². The van der Waals surface area contributed by atoms with Gasteiger partial charge in [0.25, 0.3) is 5.91 Å². The number of amides is 1. The fourth-order valence-electron chi connectivity index (χ4n) is 7.88. The molecule has 4 aromatic rings. The first-order valence-electron chi connectivity index (χ1n) is 21.1. The van der Waals surface area contributed by atoms with Gasteiger partial charge in [-0.2, -0.15) is 0 Å². The van der Waals surface area contributed by atoms with Crippen molar-refractivity contribution in [2.45, 2.75) is 136 Å². The number of benzene rings is 4. The molecule has 296 valence electrons. The topological polar surface area (TPSA) is 110 Å². The number of carbonyl (C=O) groups excluding carboxylic acids is 4. The lowest BCUT2D eigenvalue weighted by Crippen LogP contribution is -2.29. The molecule has 7 nitrogen and oxygen atoms in total. The van der Waals surface area contributed by atoms with Gasteiger partial charge in [-0.15, -0.1) is 0 Å². The summed E-state index contributed by atoms with van der Waals surface area (Å²) in [5, 5.41) is 14.5. The van der Waals surface area contributed by atoms with E-state index in [2.05, 4.69) is 26.1 Å². The predicted molar refractivity (Wildman–Crippen MR) is 225 cm³/mol. The summed E-state index contributed by atoms with van der Waals surface area (Å²) in [6, 6.07) is 20.8. The number of aromatic hydroxyl groups is 1. The number of hydrogen-bond donors (Lipinski definition) is 2. The van der Waals surface area contributed by atoms with Crippen molar-refractivity contribution in [2.75, 3.05) is 5.32 Å². The second-order valence-electron chi connectivity index (χ2n) is 15.1. The molecule has 56 heavy (non-hydrogen) atoms. The van der Waals surface area contributed by atoms with Gasteiger partial charge in [0, 0.05) is 27.8 Å². The molecule has 0 unspecified atom stereocenters. The minimum Gasteiger partial charge on any atom is -0.507 e. The molecule has 0 aromatic heterocycles. The molecule has 0 saturated carbocycles. The maximum absolute atomic E-state index is 15.3. The number of hydrogen-bond acceptors (Lipinski definition) is 6. The van der Waals surface area contributed by atoms with Gasteiger partial charge in [0.15, 0.2) is 17.3 Å². The second-order valence-corrected chi connectivity index (χ2v) is 15.1. The highest BCUT2D eigenvalue weighted by atomic mass is 16.5. The Morgan fingerprint density at radius 2 is 1.02 bits per heavy atom. The fraction of sp³-hybridized carbons (Fsp3) is 0.429. The molecular formula is C49H59NO6. The number of ketones is 2. The molecule has 1 amide bonds. The summed E-state index contributed by atoms with van der Waals surface area (Å²) in [4.78, 5) is 58.4. The van der Waals surface area contributed by atoms with E-state index in [1.54, 1.807) is 54.6 Å². The van der Waals surface area contributed by atoms with Crippen LogP contribution >= 0.6 is 0 Å². The van der Waals surface area contributed by atoms with Crippen molar-refractivity contribution in [3.63, 3.8) is 0 Å². The summed E-state index contributed by atoms with van der Waals surface area (Å²) in [5.74, 6) is -1.97. The lowest BCUT2D eigenvalue weighted by molar-refractivity contribution is 0.0731. The first kappa shape index (κ1) is 42.1. The molecule has 5 rings (SSSR count). The number of phenols is 1. The molecule has 0 aliphatic heterocycles. The van der Waals surface area contributed by atoms with E-state index in [0.29, 0.717) is 54.4 Å². The number of nitrogens with one attached hydrogen (secondary N) is 1. The number of esters is 1. The standard InChI is InChI=1S/C49H59NO6/c1-4-7-10-13-18-25-34-32-33-39(51)43-40(34)45(52)41-37(30-23-14-11-8-5-2)44(50-48(54)35-26-19-16-20-27-35)47(56-49(55)36-28-21-17-22-29-36)38(42(41)46(43)53)31-24-15-12-9-6-3/h16-17,19-22,26-29,32-33,51H,4-15,18,23-25,30-31H2,1-3H3,(H,50,54). The average molecular weight is 758 g/mol. The molecule has 4 aromatic carbocycles. The van der Waals surface area contributed by atoms with Crippen molar-refractivity contribution in [1.29, 1.82) is 0 Å². The van der Waals surface area contributed by atoms with Crippen LogP contribution in [0.2, 0.25) is 0 Å². The third kappa shape index (κ3) is 10.2. The first-order valence-corrected chi connectivity index (χ1v) is 21.1. The molecule has 0 bridgehead atoms. The van der Waals surface area contributed by atoms with Gasteiger partial charge in [-0.05, 0) is 80.0 Å². The summed E-state index contributed by atoms with van der Waals surface area (Å²) in [6.07, 6.45) is 15.9. The first-order chi connectivity index (χ1) is 27.3. The van der Waals surface area contributed by atoms with Crippen molar-refractivity contribution < 1.29 is 29.0 Å². The van der Waals surface area contributed by atoms with Gasteiger partial charge in [0.1, 0.15) is 5.75 Å². The smallest absolute Gasteiger partial charge is 0.343 e. The van der Waals surface area contributed by atoms with E-state index in [9.17, 15) is 14.7 Å². The summed E-state index contributed by atoms with van der Waals surface area (Å²) in [7, 11) is 0. The average Bonchev–Trinajstić information content (AvgIpc) is 3.21. The number of unbranched alkanes of at least 4 members (excludes halogenated alkanes) is 12. The van der Waals surface area contributed by atoms with Crippen molar-refractivity contribution in [3.8, 4) is 11.5 Å². The van der Waals surface area contributed by atoms with E-state index < -0.39 is 17.7 Å². The lowest BCUT2D eigenvalue weighted by Gasteiger charge is -2.29. The molecule has 1 aliphatic carbocycles. The van der Waals surface area contributed by atoms with Crippen molar-refractivity contribution in [3.05, 3.63) is 123 Å². The fourth-order valence-corrected chi connectivity index (χ4v) is 7.88. The normalized spacial score (nSPS) is 12.0. The van der Waals surface area contributed by atoms with Gasteiger partial charge in [-0.1, -0.05) is 140 Å². The minimum absolute atomic E-state index is 0.0103. The number of rotatable bonds is 22. The highest BCUT2D eigenvalue weighted by Gasteiger charge is 2.41. The second kappa shape index (κ2) is 21.3. The molecule has 0 heterocycles. The van der Waals surface area contributed by atoms with Crippen LogP contribution in [0.15, 0.2) is 72.8 Å². The summed E-state index contributed by atoms with van der Waals surface area (Å²) in [6.45, 7) is 6.47. The van der Waals surface area contributed by atoms with Gasteiger partial charge in [-0.25, -0.2) is 4.79 Å². The van der Waals surface area contributed by atoms with Crippen LogP contribution in [0.25, 0.3) is 0 Å². The Hall–Kier alpha value is -5.04. The Bertz CT molecular complexity index is 1970. The third-order valence-corrected chi connectivity index (χ3v) is 10.9. The molecule has 0 fully saturated rings. The minimum atomic E-state index is -0.634. The van der Waals surface area contributed by atoms with E-state index in [1.807, 2.05) is 12.1 Å². The molecular weight excluding hydrogens is 699 g/mol. The maximum atomic E-state index is 15.3. The molecule has 2 N–H and O–H groups in total. The van der Waals surface area contributed by atoms with Crippen LogP contribution in [0.1, 0.15) is 186 Å². The van der Waals surface area contributed by atoms with Gasteiger partial charge >= 0.3 is 5.97 Å².